The summed E-state index contributed by atoms with van der Waals surface area (Å²) in [5.41, 5.74) is 2.71. The average Bonchev–Trinajstić information content (AvgIpc) is 3.08. The van der Waals surface area contributed by atoms with Gasteiger partial charge < -0.3 is 9.15 Å². The van der Waals surface area contributed by atoms with Crippen molar-refractivity contribution in [1.29, 1.82) is 0 Å². The lowest BCUT2D eigenvalue weighted by molar-refractivity contribution is -0.147. The van der Waals surface area contributed by atoms with E-state index in [-0.39, 0.29) is 11.6 Å². The molecule has 0 bridgehead atoms. The highest BCUT2D eigenvalue weighted by atomic mass is 32.2. The van der Waals surface area contributed by atoms with Crippen molar-refractivity contribution in [2.24, 2.45) is 0 Å². The number of fused-ring (bicyclic) bond motifs is 1. The zero-order valence-corrected chi connectivity index (χ0v) is 16.5. The quantitative estimate of drug-likeness (QED) is 0.638. The summed E-state index contributed by atoms with van der Waals surface area (Å²) < 4.78 is 10.4. The van der Waals surface area contributed by atoms with Crippen LogP contribution in [0.3, 0.4) is 0 Å². The second-order valence-corrected chi connectivity index (χ2v) is 8.29. The number of nitrogens with one attached hydrogen (secondary N) is 1. The zero-order chi connectivity index (χ0) is 18.9. The van der Waals surface area contributed by atoms with Gasteiger partial charge in [-0.25, -0.2) is 4.79 Å². The van der Waals surface area contributed by atoms with Crippen molar-refractivity contribution < 1.29 is 13.9 Å². The van der Waals surface area contributed by atoms with Gasteiger partial charge in [0.15, 0.2) is 0 Å². The number of hydrogen-bond donors (Lipinski definition) is 1. The Kier molecular flexibility index (Phi) is 5.44. The molecule has 1 aliphatic heterocycles. The zero-order valence-electron chi connectivity index (χ0n) is 15.7. The summed E-state index contributed by atoms with van der Waals surface area (Å²) in [5, 5.41) is 4.28. The van der Waals surface area contributed by atoms with E-state index >= 15 is 0 Å². The summed E-state index contributed by atoms with van der Waals surface area (Å²) in [6.45, 7) is 6.74. The van der Waals surface area contributed by atoms with Crippen LogP contribution in [0.1, 0.15) is 42.9 Å². The van der Waals surface area contributed by atoms with Gasteiger partial charge >= 0.3 is 11.6 Å². The Balaban J connectivity index is 2.00. The lowest BCUT2D eigenvalue weighted by atomic mass is 9.94. The van der Waals surface area contributed by atoms with Crippen LogP contribution < -0.4 is 10.9 Å². The summed E-state index contributed by atoms with van der Waals surface area (Å²) in [6, 6.07) is 5.54. The van der Waals surface area contributed by atoms with Crippen molar-refractivity contribution in [3.63, 3.8) is 0 Å². The number of carbonyl (C=O) groups excluding carboxylic acids is 1. The number of aryl methyl sites for hydroxylation is 1. The molecule has 0 amide bonds. The number of hydrogen-bond acceptors (Lipinski definition) is 6. The van der Waals surface area contributed by atoms with Gasteiger partial charge in [-0.3, -0.25) is 10.1 Å². The number of methoxy groups -OCH3 is 1. The van der Waals surface area contributed by atoms with Crippen LogP contribution in [0.2, 0.25) is 0 Å². The van der Waals surface area contributed by atoms with Crippen LogP contribution in [0.15, 0.2) is 27.4 Å². The third kappa shape index (κ3) is 3.53. The Hall–Kier alpha value is -1.79. The fourth-order valence-corrected chi connectivity index (χ4v) is 4.91. The molecule has 0 aliphatic carbocycles. The van der Waals surface area contributed by atoms with Crippen LogP contribution in [0.5, 0.6) is 0 Å². The minimum absolute atomic E-state index is 0.242. The van der Waals surface area contributed by atoms with E-state index in [1.165, 1.54) is 18.7 Å². The summed E-state index contributed by atoms with van der Waals surface area (Å²) in [5.74, 6) is 1.72. The molecule has 1 atom stereocenters. The summed E-state index contributed by atoms with van der Waals surface area (Å²) >= 11 is 1.73. The summed E-state index contributed by atoms with van der Waals surface area (Å²) in [4.78, 5) is 24.3. The molecule has 5 nitrogen and oxygen atoms in total. The van der Waals surface area contributed by atoms with E-state index in [1.54, 1.807) is 11.8 Å². The number of benzene rings is 1. The van der Waals surface area contributed by atoms with Gasteiger partial charge in [-0.05, 0) is 53.8 Å². The lowest BCUT2D eigenvalue weighted by Crippen LogP contribution is -2.52. The van der Waals surface area contributed by atoms with Gasteiger partial charge in [0.05, 0.1) is 7.11 Å². The highest BCUT2D eigenvalue weighted by Crippen LogP contribution is 2.31. The van der Waals surface area contributed by atoms with Gasteiger partial charge in [0.25, 0.3) is 0 Å². The molecule has 0 spiro atoms. The predicted molar refractivity (Wildman–Crippen MR) is 105 cm³/mol. The van der Waals surface area contributed by atoms with Crippen LogP contribution >= 0.6 is 11.8 Å². The van der Waals surface area contributed by atoms with Crippen LogP contribution in [-0.2, 0) is 16.1 Å². The first-order valence-electron chi connectivity index (χ1n) is 8.85. The van der Waals surface area contributed by atoms with Crippen molar-refractivity contribution >= 4 is 28.7 Å². The second-order valence-electron chi connectivity index (χ2n) is 7.18. The number of carbonyl (C=O) groups is 1. The molecule has 1 saturated heterocycles. The monoisotopic (exact) mass is 375 g/mol. The SMILES string of the molecule is COC(=O)C1(NCc2cc(=O)oc3cc(C)c(C(C)C)cc23)CCSC1. The highest BCUT2D eigenvalue weighted by molar-refractivity contribution is 7.99. The predicted octanol–water partition coefficient (Wildman–Crippen LogP) is 3.36. The van der Waals surface area contributed by atoms with E-state index in [2.05, 4.69) is 25.2 Å². The molecule has 6 heteroatoms. The Morgan fingerprint density at radius 2 is 2.15 bits per heavy atom. The van der Waals surface area contributed by atoms with Crippen LogP contribution in [0.4, 0.5) is 0 Å². The molecule has 0 radical (unpaired) electrons. The fraction of sp³-hybridized carbons (Fsp3) is 0.500. The first kappa shape index (κ1) is 19.0. The van der Waals surface area contributed by atoms with Gasteiger partial charge in [-0.15, -0.1) is 0 Å². The maximum atomic E-state index is 12.3. The van der Waals surface area contributed by atoms with Crippen molar-refractivity contribution in [1.82, 2.24) is 5.32 Å². The molecule has 26 heavy (non-hydrogen) atoms. The minimum Gasteiger partial charge on any atom is -0.468 e. The molecule has 2 heterocycles. The molecule has 1 aliphatic rings. The smallest absolute Gasteiger partial charge is 0.336 e. The number of esters is 1. The van der Waals surface area contributed by atoms with Gasteiger partial charge in [-0.2, -0.15) is 11.8 Å². The lowest BCUT2D eigenvalue weighted by Gasteiger charge is -2.26. The van der Waals surface area contributed by atoms with E-state index in [1.807, 2.05) is 13.0 Å². The molecule has 2 aromatic rings. The Labute approximate surface area is 157 Å². The normalized spacial score (nSPS) is 20.0. The Bertz CT molecular complexity index is 881. The minimum atomic E-state index is -0.687. The largest absolute Gasteiger partial charge is 0.468 e. The van der Waals surface area contributed by atoms with E-state index in [4.69, 9.17) is 9.15 Å². The molecular formula is C20H25NO4S. The first-order valence-corrected chi connectivity index (χ1v) is 10.0. The second kappa shape index (κ2) is 7.45. The number of rotatable bonds is 5. The first-order chi connectivity index (χ1) is 12.4. The topological polar surface area (TPSA) is 68.5 Å². The maximum Gasteiger partial charge on any atom is 0.336 e. The van der Waals surface area contributed by atoms with Crippen LogP contribution in [0, 0.1) is 6.92 Å². The molecule has 0 saturated carbocycles. The van der Waals surface area contributed by atoms with Crippen molar-refractivity contribution in [3.8, 4) is 0 Å². The summed E-state index contributed by atoms with van der Waals surface area (Å²) in [6.07, 6.45) is 0.722. The van der Waals surface area contributed by atoms with E-state index in [0.717, 1.165) is 28.7 Å². The van der Waals surface area contributed by atoms with Gasteiger partial charge in [0.2, 0.25) is 0 Å². The molecule has 1 unspecified atom stereocenters. The van der Waals surface area contributed by atoms with Crippen LogP contribution in [-0.4, -0.2) is 30.1 Å². The Morgan fingerprint density at radius 1 is 1.38 bits per heavy atom. The molecule has 1 N–H and O–H groups in total. The van der Waals surface area contributed by atoms with E-state index in [0.29, 0.717) is 23.8 Å². The standard InChI is InChI=1S/C20H25NO4S/c1-12(2)15-9-16-14(8-18(22)25-17(16)7-13(15)3)10-21-20(19(23)24-4)5-6-26-11-20/h7-9,12,21H,5-6,10-11H2,1-4H3. The molecule has 3 rings (SSSR count). The van der Waals surface area contributed by atoms with E-state index < -0.39 is 5.54 Å². The maximum absolute atomic E-state index is 12.3. The molecule has 1 aromatic carbocycles. The summed E-state index contributed by atoms with van der Waals surface area (Å²) in [7, 11) is 1.42. The fourth-order valence-electron chi connectivity index (χ4n) is 3.56. The molecule has 1 aromatic heterocycles. The number of thioether (sulfide) groups is 1. The van der Waals surface area contributed by atoms with Crippen molar-refractivity contribution in [3.05, 3.63) is 45.3 Å². The van der Waals surface area contributed by atoms with Gasteiger partial charge in [0, 0.05) is 23.8 Å². The average molecular weight is 375 g/mol. The van der Waals surface area contributed by atoms with E-state index in [9.17, 15) is 9.59 Å². The highest BCUT2D eigenvalue weighted by Gasteiger charge is 2.42. The molecule has 140 valence electrons. The third-order valence-corrected chi connectivity index (χ3v) is 6.24. The van der Waals surface area contributed by atoms with Crippen LogP contribution in [0.25, 0.3) is 11.0 Å². The molecular weight excluding hydrogens is 350 g/mol. The van der Waals surface area contributed by atoms with Crippen molar-refractivity contribution in [2.75, 3.05) is 18.6 Å². The Morgan fingerprint density at radius 3 is 2.77 bits per heavy atom. The number of ether oxygens (including phenoxy) is 1. The van der Waals surface area contributed by atoms with Gasteiger partial charge in [-0.1, -0.05) is 13.8 Å². The third-order valence-electron chi connectivity index (χ3n) is 5.05. The van der Waals surface area contributed by atoms with Crippen molar-refractivity contribution in [2.45, 2.75) is 45.2 Å². The molecule has 1 fully saturated rings. The van der Waals surface area contributed by atoms with Gasteiger partial charge in [0.1, 0.15) is 11.1 Å².